The topological polar surface area (TPSA) is 36.4 Å². The Morgan fingerprint density at radius 3 is 2.84 bits per heavy atom. The highest BCUT2D eigenvalue weighted by Crippen LogP contribution is 2.32. The first-order chi connectivity index (χ1) is 9.02. The van der Waals surface area contributed by atoms with E-state index in [0.29, 0.717) is 18.8 Å². The second-order valence-electron chi connectivity index (χ2n) is 4.76. The first-order valence-corrected chi connectivity index (χ1v) is 6.43. The molecule has 0 saturated carbocycles. The van der Waals surface area contributed by atoms with Gasteiger partial charge in [0.15, 0.2) is 0 Å². The van der Waals surface area contributed by atoms with Crippen molar-refractivity contribution in [2.45, 2.75) is 37.9 Å². The van der Waals surface area contributed by atoms with Gasteiger partial charge in [0.2, 0.25) is 0 Å². The quantitative estimate of drug-likeness (QED) is 0.920. The number of rotatable bonds is 3. The number of piperidine rings is 1. The molecule has 3 nitrogen and oxygen atoms in total. The molecule has 0 aromatic carbocycles. The summed E-state index contributed by atoms with van der Waals surface area (Å²) in [4.78, 5) is 5.94. The molecule has 0 radical (unpaired) electrons. The summed E-state index contributed by atoms with van der Waals surface area (Å²) in [5, 5.41) is 9.04. The van der Waals surface area contributed by atoms with Crippen molar-refractivity contribution >= 4 is 5.82 Å². The molecule has 0 aliphatic carbocycles. The Bertz CT molecular complexity index is 421. The number of aromatic nitrogens is 1. The number of aliphatic hydroxyl groups is 1. The van der Waals surface area contributed by atoms with Crippen LogP contribution in [0, 0.1) is 0 Å². The van der Waals surface area contributed by atoms with E-state index in [1.807, 2.05) is 4.90 Å². The van der Waals surface area contributed by atoms with Crippen LogP contribution < -0.4 is 4.90 Å². The first-order valence-electron chi connectivity index (χ1n) is 6.43. The molecule has 2 heterocycles. The number of anilines is 1. The summed E-state index contributed by atoms with van der Waals surface area (Å²) in [6.07, 6.45) is 0.291. The smallest absolute Gasteiger partial charge is 0.396 e. The van der Waals surface area contributed by atoms with Crippen LogP contribution in [-0.4, -0.2) is 29.3 Å². The molecule has 19 heavy (non-hydrogen) atoms. The molecule has 0 spiro atoms. The average Bonchev–Trinajstić information content (AvgIpc) is 2.39. The van der Waals surface area contributed by atoms with E-state index in [2.05, 4.69) is 4.98 Å². The normalized spacial score (nSPS) is 20.6. The van der Waals surface area contributed by atoms with Crippen molar-refractivity contribution in [1.29, 1.82) is 0 Å². The molecule has 2 rings (SSSR count). The predicted molar refractivity (Wildman–Crippen MR) is 65.9 cm³/mol. The molecule has 1 saturated heterocycles. The van der Waals surface area contributed by atoms with E-state index in [1.165, 1.54) is 6.20 Å². The maximum Gasteiger partial charge on any atom is 0.416 e. The summed E-state index contributed by atoms with van der Waals surface area (Å²) in [6.45, 7) is 0.735. The zero-order valence-electron chi connectivity index (χ0n) is 10.5. The molecule has 1 aliphatic heterocycles. The van der Waals surface area contributed by atoms with E-state index in [4.69, 9.17) is 5.11 Å². The van der Waals surface area contributed by atoms with Crippen molar-refractivity contribution in [1.82, 2.24) is 4.98 Å². The van der Waals surface area contributed by atoms with Gasteiger partial charge in [-0.25, -0.2) is 4.98 Å². The second kappa shape index (κ2) is 5.77. The minimum atomic E-state index is -4.35. The minimum absolute atomic E-state index is 0.0418. The summed E-state index contributed by atoms with van der Waals surface area (Å²) in [5.41, 5.74) is -0.675. The Labute approximate surface area is 110 Å². The fourth-order valence-electron chi connectivity index (χ4n) is 2.50. The van der Waals surface area contributed by atoms with Gasteiger partial charge in [0, 0.05) is 25.4 Å². The minimum Gasteiger partial charge on any atom is -0.396 e. The molecule has 1 fully saturated rings. The van der Waals surface area contributed by atoms with Crippen LogP contribution in [-0.2, 0) is 6.18 Å². The summed E-state index contributed by atoms with van der Waals surface area (Å²) < 4.78 is 38.1. The maximum atomic E-state index is 12.7. The molecular weight excluding hydrogens is 257 g/mol. The number of hydrogen-bond acceptors (Lipinski definition) is 3. The first kappa shape index (κ1) is 14.1. The summed E-state index contributed by atoms with van der Waals surface area (Å²) >= 11 is 0. The van der Waals surface area contributed by atoms with Crippen LogP contribution in [0.5, 0.6) is 0 Å². The number of halogens is 3. The fraction of sp³-hybridized carbons (Fsp3) is 0.615. The van der Waals surface area contributed by atoms with Gasteiger partial charge in [-0.05, 0) is 37.8 Å². The highest BCUT2D eigenvalue weighted by molar-refractivity contribution is 5.43. The van der Waals surface area contributed by atoms with Gasteiger partial charge in [-0.15, -0.1) is 0 Å². The monoisotopic (exact) mass is 274 g/mol. The van der Waals surface area contributed by atoms with Gasteiger partial charge in [-0.1, -0.05) is 0 Å². The molecule has 1 aromatic heterocycles. The predicted octanol–water partition coefficient (Wildman–Crippen LogP) is 2.84. The second-order valence-corrected chi connectivity index (χ2v) is 4.76. The summed E-state index contributed by atoms with van der Waals surface area (Å²) in [7, 11) is 0. The van der Waals surface area contributed by atoms with E-state index < -0.39 is 11.7 Å². The van der Waals surface area contributed by atoms with Gasteiger partial charge in [-0.3, -0.25) is 0 Å². The Balaban J connectivity index is 2.24. The van der Waals surface area contributed by atoms with E-state index >= 15 is 0 Å². The molecule has 0 amide bonds. The Hall–Kier alpha value is -1.30. The molecule has 1 aromatic rings. The zero-order chi connectivity index (χ0) is 13.9. The summed E-state index contributed by atoms with van der Waals surface area (Å²) in [6, 6.07) is 2.15. The lowest BCUT2D eigenvalue weighted by Crippen LogP contribution is -2.40. The van der Waals surface area contributed by atoms with Crippen LogP contribution in [0.3, 0.4) is 0 Å². The van der Waals surface area contributed by atoms with Crippen LogP contribution >= 0.6 is 0 Å². The molecule has 1 N–H and O–H groups in total. The van der Waals surface area contributed by atoms with Crippen LogP contribution in [0.15, 0.2) is 18.3 Å². The van der Waals surface area contributed by atoms with Gasteiger partial charge in [0.25, 0.3) is 0 Å². The fourth-order valence-corrected chi connectivity index (χ4v) is 2.50. The Morgan fingerprint density at radius 1 is 1.37 bits per heavy atom. The van der Waals surface area contributed by atoms with Gasteiger partial charge in [0.05, 0.1) is 5.56 Å². The van der Waals surface area contributed by atoms with Crippen molar-refractivity contribution in [2.75, 3.05) is 18.1 Å². The van der Waals surface area contributed by atoms with Gasteiger partial charge in [-0.2, -0.15) is 13.2 Å². The lowest BCUT2D eigenvalue weighted by molar-refractivity contribution is -0.137. The molecule has 1 atom stereocenters. The van der Waals surface area contributed by atoms with Crippen molar-refractivity contribution in [3.63, 3.8) is 0 Å². The number of hydrogen-bond donors (Lipinski definition) is 1. The number of alkyl halides is 3. The Morgan fingerprint density at radius 2 is 2.16 bits per heavy atom. The average molecular weight is 274 g/mol. The molecular formula is C13H17F3N2O. The number of aliphatic hydroxyl groups excluding tert-OH is 1. The van der Waals surface area contributed by atoms with E-state index in [1.54, 1.807) is 0 Å². The molecule has 6 heteroatoms. The largest absolute Gasteiger partial charge is 0.416 e. The Kier molecular flexibility index (Phi) is 4.29. The SMILES string of the molecule is OCCC1CCCCN1c1cc(C(F)(F)F)ccn1. The van der Waals surface area contributed by atoms with Crippen molar-refractivity contribution in [3.8, 4) is 0 Å². The van der Waals surface area contributed by atoms with Gasteiger partial charge in [0.1, 0.15) is 5.82 Å². The molecule has 1 aliphatic rings. The lowest BCUT2D eigenvalue weighted by Gasteiger charge is -2.36. The third-order valence-electron chi connectivity index (χ3n) is 3.46. The molecule has 0 bridgehead atoms. The van der Waals surface area contributed by atoms with Crippen molar-refractivity contribution in [3.05, 3.63) is 23.9 Å². The van der Waals surface area contributed by atoms with Crippen LogP contribution in [0.4, 0.5) is 19.0 Å². The van der Waals surface area contributed by atoms with E-state index in [-0.39, 0.29) is 12.6 Å². The number of nitrogens with zero attached hydrogens (tertiary/aromatic N) is 2. The van der Waals surface area contributed by atoms with Crippen LogP contribution in [0.1, 0.15) is 31.2 Å². The van der Waals surface area contributed by atoms with Crippen molar-refractivity contribution in [2.24, 2.45) is 0 Å². The molecule has 1 unspecified atom stereocenters. The zero-order valence-corrected chi connectivity index (χ0v) is 10.5. The van der Waals surface area contributed by atoms with E-state index in [0.717, 1.165) is 31.4 Å². The van der Waals surface area contributed by atoms with Crippen molar-refractivity contribution < 1.29 is 18.3 Å². The maximum absolute atomic E-state index is 12.7. The third kappa shape index (κ3) is 3.37. The van der Waals surface area contributed by atoms with Gasteiger partial charge < -0.3 is 10.0 Å². The van der Waals surface area contributed by atoms with Gasteiger partial charge >= 0.3 is 6.18 Å². The third-order valence-corrected chi connectivity index (χ3v) is 3.46. The van der Waals surface area contributed by atoms with Crippen LogP contribution in [0.2, 0.25) is 0 Å². The standard InChI is InChI=1S/C13H17F3N2O/c14-13(15,16)10-4-6-17-12(9-10)18-7-2-1-3-11(18)5-8-19/h4,6,9,11,19H,1-3,5,7-8H2. The highest BCUT2D eigenvalue weighted by atomic mass is 19.4. The highest BCUT2D eigenvalue weighted by Gasteiger charge is 2.32. The van der Waals surface area contributed by atoms with Crippen LogP contribution in [0.25, 0.3) is 0 Å². The number of pyridine rings is 1. The van der Waals surface area contributed by atoms with E-state index in [9.17, 15) is 13.2 Å². The lowest BCUT2D eigenvalue weighted by atomic mass is 9.99. The molecule has 106 valence electrons. The summed E-state index contributed by atoms with van der Waals surface area (Å²) in [5.74, 6) is 0.355.